The van der Waals surface area contributed by atoms with E-state index in [1.54, 1.807) is 0 Å². The number of benzene rings is 1. The highest BCUT2D eigenvalue weighted by Gasteiger charge is 2.18. The van der Waals surface area contributed by atoms with Crippen molar-refractivity contribution >= 4 is 11.6 Å². The van der Waals surface area contributed by atoms with Crippen molar-refractivity contribution in [2.75, 3.05) is 6.54 Å². The van der Waals surface area contributed by atoms with E-state index in [-0.39, 0.29) is 11.7 Å². The third kappa shape index (κ3) is 5.37. The van der Waals surface area contributed by atoms with E-state index in [0.29, 0.717) is 12.5 Å². The van der Waals surface area contributed by atoms with Gasteiger partial charge in [0.1, 0.15) is 5.75 Å². The summed E-state index contributed by atoms with van der Waals surface area (Å²) in [6.07, 6.45) is 0.0444. The summed E-state index contributed by atoms with van der Waals surface area (Å²) < 4.78 is 18.7. The Morgan fingerprint density at radius 3 is 2.62 bits per heavy atom. The standard InChI is InChI=1S/C14H19FN2O4/c1-9(2)6-7-16-14(18)10(3)21-11-4-5-13(17(19)20)12(15)8-11/h4-5,8-10H,6-7H2,1-3H3,(H,16,18). The fourth-order valence-electron chi connectivity index (χ4n) is 1.59. The summed E-state index contributed by atoms with van der Waals surface area (Å²) in [7, 11) is 0. The van der Waals surface area contributed by atoms with Crippen LogP contribution in [-0.2, 0) is 4.79 Å². The molecule has 0 aliphatic rings. The normalized spacial score (nSPS) is 12.0. The molecular weight excluding hydrogens is 279 g/mol. The minimum atomic E-state index is -0.995. The van der Waals surface area contributed by atoms with Crippen LogP contribution in [0.5, 0.6) is 5.75 Å². The van der Waals surface area contributed by atoms with Gasteiger partial charge in [-0.3, -0.25) is 14.9 Å². The van der Waals surface area contributed by atoms with E-state index in [0.717, 1.165) is 18.6 Å². The number of nitrogens with one attached hydrogen (secondary N) is 1. The summed E-state index contributed by atoms with van der Waals surface area (Å²) in [6, 6.07) is 3.17. The van der Waals surface area contributed by atoms with Crippen LogP contribution in [0.4, 0.5) is 10.1 Å². The summed E-state index contributed by atoms with van der Waals surface area (Å²) in [4.78, 5) is 21.4. The molecule has 0 bridgehead atoms. The number of halogens is 1. The number of nitro benzene ring substituents is 1. The lowest BCUT2D eigenvalue weighted by Gasteiger charge is -2.15. The van der Waals surface area contributed by atoms with Crippen LogP contribution in [-0.4, -0.2) is 23.5 Å². The summed E-state index contributed by atoms with van der Waals surface area (Å²) in [5.74, 6) is -0.755. The molecule has 21 heavy (non-hydrogen) atoms. The zero-order chi connectivity index (χ0) is 16.0. The summed E-state index contributed by atoms with van der Waals surface area (Å²) in [5, 5.41) is 13.2. The van der Waals surface area contributed by atoms with Crippen LogP contribution in [0.2, 0.25) is 0 Å². The molecule has 0 spiro atoms. The van der Waals surface area contributed by atoms with Gasteiger partial charge >= 0.3 is 5.69 Å². The van der Waals surface area contributed by atoms with Gasteiger partial charge in [0.05, 0.1) is 4.92 Å². The van der Waals surface area contributed by atoms with Crippen molar-refractivity contribution in [3.8, 4) is 5.75 Å². The van der Waals surface area contributed by atoms with Crippen LogP contribution in [0.1, 0.15) is 27.2 Å². The summed E-state index contributed by atoms with van der Waals surface area (Å²) in [5.41, 5.74) is -0.628. The third-order valence-corrected chi connectivity index (χ3v) is 2.82. The molecule has 0 saturated heterocycles. The molecule has 116 valence electrons. The Hall–Kier alpha value is -2.18. The predicted molar refractivity (Wildman–Crippen MR) is 75.6 cm³/mol. The number of amides is 1. The first-order chi connectivity index (χ1) is 9.81. The molecule has 1 atom stereocenters. The maximum Gasteiger partial charge on any atom is 0.305 e. The molecule has 0 saturated carbocycles. The second-order valence-corrected chi connectivity index (χ2v) is 5.10. The van der Waals surface area contributed by atoms with Crippen molar-refractivity contribution in [3.63, 3.8) is 0 Å². The lowest BCUT2D eigenvalue weighted by atomic mass is 10.1. The van der Waals surface area contributed by atoms with Crippen molar-refractivity contribution in [2.24, 2.45) is 5.92 Å². The molecule has 0 aliphatic heterocycles. The maximum atomic E-state index is 13.4. The maximum absolute atomic E-state index is 13.4. The first kappa shape index (κ1) is 16.9. The second kappa shape index (κ2) is 7.56. The number of carbonyl (C=O) groups is 1. The first-order valence-corrected chi connectivity index (χ1v) is 6.69. The zero-order valence-electron chi connectivity index (χ0n) is 12.3. The summed E-state index contributed by atoms with van der Waals surface area (Å²) in [6.45, 7) is 6.17. The largest absolute Gasteiger partial charge is 0.481 e. The lowest BCUT2D eigenvalue weighted by molar-refractivity contribution is -0.387. The molecule has 0 fully saturated rings. The van der Waals surface area contributed by atoms with Gasteiger partial charge in [-0.05, 0) is 25.3 Å². The van der Waals surface area contributed by atoms with E-state index in [1.807, 2.05) is 13.8 Å². The van der Waals surface area contributed by atoms with Gasteiger partial charge < -0.3 is 10.1 Å². The molecule has 1 aromatic rings. The first-order valence-electron chi connectivity index (χ1n) is 6.69. The van der Waals surface area contributed by atoms with Crippen LogP contribution in [0, 0.1) is 21.8 Å². The van der Waals surface area contributed by atoms with E-state index >= 15 is 0 Å². The summed E-state index contributed by atoms with van der Waals surface area (Å²) >= 11 is 0. The number of ether oxygens (including phenoxy) is 1. The fourth-order valence-corrected chi connectivity index (χ4v) is 1.59. The van der Waals surface area contributed by atoms with Gasteiger partial charge in [0.2, 0.25) is 5.82 Å². The van der Waals surface area contributed by atoms with Gasteiger partial charge in [-0.2, -0.15) is 4.39 Å². The van der Waals surface area contributed by atoms with Gasteiger partial charge in [0.25, 0.3) is 5.91 Å². The Kier molecular flexibility index (Phi) is 6.08. The van der Waals surface area contributed by atoms with Crippen LogP contribution < -0.4 is 10.1 Å². The minimum absolute atomic E-state index is 0.0737. The van der Waals surface area contributed by atoms with Crippen LogP contribution in [0.15, 0.2) is 18.2 Å². The number of nitrogens with zero attached hydrogens (tertiary/aromatic N) is 1. The fraction of sp³-hybridized carbons (Fsp3) is 0.500. The average Bonchev–Trinajstić information content (AvgIpc) is 2.37. The van der Waals surface area contributed by atoms with Crippen molar-refractivity contribution < 1.29 is 18.8 Å². The Labute approximate surface area is 122 Å². The monoisotopic (exact) mass is 298 g/mol. The topological polar surface area (TPSA) is 81.5 Å². The highest BCUT2D eigenvalue weighted by Crippen LogP contribution is 2.23. The Bertz CT molecular complexity index is 520. The van der Waals surface area contributed by atoms with E-state index in [9.17, 15) is 19.3 Å². The number of nitro groups is 1. The SMILES string of the molecule is CC(C)CCNC(=O)C(C)Oc1ccc([N+](=O)[O-])c(F)c1. The predicted octanol–water partition coefficient (Wildman–Crippen LogP) is 2.66. The Balaban J connectivity index is 2.58. The van der Waals surface area contributed by atoms with Gasteiger partial charge in [0, 0.05) is 18.7 Å². The van der Waals surface area contributed by atoms with Crippen LogP contribution >= 0.6 is 0 Å². The smallest absolute Gasteiger partial charge is 0.305 e. The molecule has 6 nitrogen and oxygen atoms in total. The molecule has 0 aliphatic carbocycles. The molecule has 1 N–H and O–H groups in total. The van der Waals surface area contributed by atoms with E-state index in [2.05, 4.69) is 5.32 Å². The van der Waals surface area contributed by atoms with Crippen molar-refractivity contribution in [1.82, 2.24) is 5.32 Å². The average molecular weight is 298 g/mol. The number of rotatable bonds is 7. The third-order valence-electron chi connectivity index (χ3n) is 2.82. The molecular formula is C14H19FN2O4. The molecule has 0 heterocycles. The van der Waals surface area contributed by atoms with Gasteiger partial charge in [-0.15, -0.1) is 0 Å². The van der Waals surface area contributed by atoms with Crippen LogP contribution in [0.3, 0.4) is 0 Å². The molecule has 1 amide bonds. The number of hydrogen-bond acceptors (Lipinski definition) is 4. The van der Waals surface area contributed by atoms with E-state index in [1.165, 1.54) is 13.0 Å². The van der Waals surface area contributed by atoms with Crippen LogP contribution in [0.25, 0.3) is 0 Å². The van der Waals surface area contributed by atoms with Crippen molar-refractivity contribution in [3.05, 3.63) is 34.1 Å². The highest BCUT2D eigenvalue weighted by atomic mass is 19.1. The van der Waals surface area contributed by atoms with E-state index in [4.69, 9.17) is 4.74 Å². The molecule has 1 aromatic carbocycles. The van der Waals surface area contributed by atoms with Gasteiger partial charge in [0.15, 0.2) is 6.10 Å². The second-order valence-electron chi connectivity index (χ2n) is 5.10. The number of carbonyl (C=O) groups excluding carboxylic acids is 1. The molecule has 1 unspecified atom stereocenters. The number of hydrogen-bond donors (Lipinski definition) is 1. The Morgan fingerprint density at radius 2 is 2.10 bits per heavy atom. The molecule has 7 heteroatoms. The van der Waals surface area contributed by atoms with Gasteiger partial charge in [-0.25, -0.2) is 0 Å². The van der Waals surface area contributed by atoms with Crippen molar-refractivity contribution in [1.29, 1.82) is 0 Å². The molecule has 0 aromatic heterocycles. The molecule has 0 radical (unpaired) electrons. The van der Waals surface area contributed by atoms with Gasteiger partial charge in [-0.1, -0.05) is 13.8 Å². The lowest BCUT2D eigenvalue weighted by Crippen LogP contribution is -2.37. The van der Waals surface area contributed by atoms with E-state index < -0.39 is 22.5 Å². The highest BCUT2D eigenvalue weighted by molar-refractivity contribution is 5.80. The quantitative estimate of drug-likeness (QED) is 0.620. The zero-order valence-corrected chi connectivity index (χ0v) is 12.3. The Morgan fingerprint density at radius 1 is 1.43 bits per heavy atom. The molecule has 1 rings (SSSR count). The minimum Gasteiger partial charge on any atom is -0.481 e. The van der Waals surface area contributed by atoms with Crippen molar-refractivity contribution in [2.45, 2.75) is 33.3 Å².